The SMILES string of the molecule is CC(=O)Nc1ccc(C(=O)Nc2ccc3c(C)cc(=O)oc3c2)cc1C. The maximum Gasteiger partial charge on any atom is 0.336 e. The van der Waals surface area contributed by atoms with Gasteiger partial charge >= 0.3 is 5.63 Å². The van der Waals surface area contributed by atoms with E-state index in [9.17, 15) is 14.4 Å². The maximum absolute atomic E-state index is 12.5. The van der Waals surface area contributed by atoms with Gasteiger partial charge in [0.05, 0.1) is 0 Å². The van der Waals surface area contributed by atoms with Crippen LogP contribution < -0.4 is 16.3 Å². The molecule has 0 radical (unpaired) electrons. The van der Waals surface area contributed by atoms with Crippen LogP contribution in [0.1, 0.15) is 28.4 Å². The van der Waals surface area contributed by atoms with Crippen LogP contribution in [0.4, 0.5) is 11.4 Å². The zero-order valence-electron chi connectivity index (χ0n) is 14.7. The van der Waals surface area contributed by atoms with E-state index in [2.05, 4.69) is 10.6 Å². The molecule has 1 aromatic heterocycles. The third kappa shape index (κ3) is 3.64. The van der Waals surface area contributed by atoms with E-state index in [4.69, 9.17) is 4.42 Å². The largest absolute Gasteiger partial charge is 0.423 e. The minimum Gasteiger partial charge on any atom is -0.423 e. The molecule has 0 aliphatic heterocycles. The Bertz CT molecular complexity index is 1080. The number of hydrogen-bond donors (Lipinski definition) is 2. The van der Waals surface area contributed by atoms with E-state index in [1.54, 1.807) is 36.4 Å². The van der Waals surface area contributed by atoms with Crippen LogP contribution in [0, 0.1) is 13.8 Å². The second-order valence-corrected chi connectivity index (χ2v) is 6.12. The first-order chi connectivity index (χ1) is 12.3. The zero-order valence-corrected chi connectivity index (χ0v) is 14.7. The van der Waals surface area contributed by atoms with Crippen LogP contribution in [0.25, 0.3) is 11.0 Å². The van der Waals surface area contributed by atoms with Gasteiger partial charge in [-0.2, -0.15) is 0 Å². The molecule has 3 aromatic rings. The van der Waals surface area contributed by atoms with Crippen LogP contribution in [0.15, 0.2) is 51.7 Å². The molecule has 0 spiro atoms. The summed E-state index contributed by atoms with van der Waals surface area (Å²) in [6.07, 6.45) is 0. The van der Waals surface area contributed by atoms with Crippen molar-refractivity contribution in [2.24, 2.45) is 0 Å². The van der Waals surface area contributed by atoms with Crippen LogP contribution in [-0.4, -0.2) is 11.8 Å². The fraction of sp³-hybridized carbons (Fsp3) is 0.150. The Kier molecular flexibility index (Phi) is 4.58. The van der Waals surface area contributed by atoms with Crippen molar-refractivity contribution in [1.82, 2.24) is 0 Å². The molecule has 0 unspecified atom stereocenters. The van der Waals surface area contributed by atoms with Gasteiger partial charge in [-0.25, -0.2) is 4.79 Å². The average molecular weight is 350 g/mol. The molecule has 2 amide bonds. The number of fused-ring (bicyclic) bond motifs is 1. The van der Waals surface area contributed by atoms with Gasteiger partial charge in [0.2, 0.25) is 5.91 Å². The van der Waals surface area contributed by atoms with E-state index in [1.807, 2.05) is 13.8 Å². The van der Waals surface area contributed by atoms with Crippen molar-refractivity contribution in [3.8, 4) is 0 Å². The second kappa shape index (κ2) is 6.84. The topological polar surface area (TPSA) is 88.4 Å². The fourth-order valence-electron chi connectivity index (χ4n) is 2.74. The molecule has 3 rings (SSSR count). The van der Waals surface area contributed by atoms with Gasteiger partial charge in [0, 0.05) is 41.4 Å². The third-order valence-corrected chi connectivity index (χ3v) is 4.01. The van der Waals surface area contributed by atoms with E-state index < -0.39 is 5.63 Å². The maximum atomic E-state index is 12.5. The summed E-state index contributed by atoms with van der Waals surface area (Å²) >= 11 is 0. The number of benzene rings is 2. The summed E-state index contributed by atoms with van der Waals surface area (Å²) in [5.74, 6) is -0.463. The van der Waals surface area contributed by atoms with Gasteiger partial charge in [0.25, 0.3) is 5.91 Å². The van der Waals surface area contributed by atoms with Crippen LogP contribution in [-0.2, 0) is 4.79 Å². The summed E-state index contributed by atoms with van der Waals surface area (Å²) < 4.78 is 5.20. The lowest BCUT2D eigenvalue weighted by Crippen LogP contribution is -2.13. The van der Waals surface area contributed by atoms with Gasteiger partial charge < -0.3 is 15.1 Å². The van der Waals surface area contributed by atoms with E-state index in [0.29, 0.717) is 22.5 Å². The fourth-order valence-corrected chi connectivity index (χ4v) is 2.74. The number of aryl methyl sites for hydroxylation is 2. The van der Waals surface area contributed by atoms with Crippen molar-refractivity contribution in [2.45, 2.75) is 20.8 Å². The average Bonchev–Trinajstić information content (AvgIpc) is 2.55. The van der Waals surface area contributed by atoms with E-state index in [-0.39, 0.29) is 11.8 Å². The number of carbonyl (C=O) groups excluding carboxylic acids is 2. The van der Waals surface area contributed by atoms with Gasteiger partial charge in [-0.15, -0.1) is 0 Å². The summed E-state index contributed by atoms with van der Waals surface area (Å²) in [6.45, 7) is 5.08. The summed E-state index contributed by atoms with van der Waals surface area (Å²) in [6, 6.07) is 11.6. The van der Waals surface area contributed by atoms with Crippen LogP contribution in [0.2, 0.25) is 0 Å². The highest BCUT2D eigenvalue weighted by atomic mass is 16.4. The predicted octanol–water partition coefficient (Wildman–Crippen LogP) is 3.62. The van der Waals surface area contributed by atoms with Crippen molar-refractivity contribution >= 4 is 34.2 Å². The molecule has 0 bridgehead atoms. The first kappa shape index (κ1) is 17.4. The van der Waals surface area contributed by atoms with Crippen molar-refractivity contribution in [3.63, 3.8) is 0 Å². The molecule has 132 valence electrons. The monoisotopic (exact) mass is 350 g/mol. The number of amides is 2. The van der Waals surface area contributed by atoms with Gasteiger partial charge in [-0.3, -0.25) is 9.59 Å². The molecule has 26 heavy (non-hydrogen) atoms. The highest BCUT2D eigenvalue weighted by Crippen LogP contribution is 2.22. The summed E-state index contributed by atoms with van der Waals surface area (Å²) in [5, 5.41) is 6.31. The minimum atomic E-state index is -0.428. The highest BCUT2D eigenvalue weighted by Gasteiger charge is 2.10. The molecular formula is C20H18N2O4. The molecule has 0 atom stereocenters. The van der Waals surface area contributed by atoms with Crippen LogP contribution >= 0.6 is 0 Å². The molecule has 0 aliphatic carbocycles. The Hall–Kier alpha value is -3.41. The Morgan fingerprint density at radius 2 is 1.69 bits per heavy atom. The lowest BCUT2D eigenvalue weighted by atomic mass is 10.1. The molecule has 6 heteroatoms. The van der Waals surface area contributed by atoms with Crippen molar-refractivity contribution < 1.29 is 14.0 Å². The lowest BCUT2D eigenvalue weighted by molar-refractivity contribution is -0.114. The quantitative estimate of drug-likeness (QED) is 0.706. The Morgan fingerprint density at radius 1 is 0.923 bits per heavy atom. The van der Waals surface area contributed by atoms with Crippen molar-refractivity contribution in [2.75, 3.05) is 10.6 Å². The zero-order chi connectivity index (χ0) is 18.8. The number of nitrogens with one attached hydrogen (secondary N) is 2. The molecule has 0 aliphatic rings. The molecule has 1 heterocycles. The van der Waals surface area contributed by atoms with E-state index >= 15 is 0 Å². The number of anilines is 2. The Morgan fingerprint density at radius 3 is 2.38 bits per heavy atom. The van der Waals surface area contributed by atoms with Gasteiger partial charge in [-0.1, -0.05) is 0 Å². The number of hydrogen-bond acceptors (Lipinski definition) is 4. The van der Waals surface area contributed by atoms with Gasteiger partial charge in [-0.05, 0) is 55.3 Å². The predicted molar refractivity (Wildman–Crippen MR) is 101 cm³/mol. The number of rotatable bonds is 3. The first-order valence-corrected chi connectivity index (χ1v) is 8.07. The van der Waals surface area contributed by atoms with E-state index in [1.165, 1.54) is 13.0 Å². The van der Waals surface area contributed by atoms with Crippen molar-refractivity contribution in [3.05, 3.63) is 69.6 Å². The van der Waals surface area contributed by atoms with Gasteiger partial charge in [0.15, 0.2) is 0 Å². The molecule has 6 nitrogen and oxygen atoms in total. The molecule has 2 aromatic carbocycles. The minimum absolute atomic E-state index is 0.168. The first-order valence-electron chi connectivity index (χ1n) is 8.07. The lowest BCUT2D eigenvalue weighted by Gasteiger charge is -2.10. The van der Waals surface area contributed by atoms with Crippen molar-refractivity contribution in [1.29, 1.82) is 0 Å². The summed E-state index contributed by atoms with van der Waals surface area (Å²) in [4.78, 5) is 35.2. The molecular weight excluding hydrogens is 332 g/mol. The molecule has 0 fully saturated rings. The second-order valence-electron chi connectivity index (χ2n) is 6.12. The van der Waals surface area contributed by atoms with Gasteiger partial charge in [0.1, 0.15) is 5.58 Å². The summed E-state index contributed by atoms with van der Waals surface area (Å²) in [5.41, 5.74) is 3.25. The Balaban J connectivity index is 1.86. The highest BCUT2D eigenvalue weighted by molar-refractivity contribution is 6.05. The smallest absolute Gasteiger partial charge is 0.336 e. The Labute approximate surface area is 149 Å². The standard InChI is InChI=1S/C20H18N2O4/c1-11-9-19(24)26-18-10-15(5-6-16(11)18)22-20(25)14-4-7-17(12(2)8-14)21-13(3)23/h4-10H,1-3H3,(H,21,23)(H,22,25). The van der Waals surface area contributed by atoms with Crippen LogP contribution in [0.5, 0.6) is 0 Å². The molecule has 2 N–H and O–H groups in total. The number of carbonyl (C=O) groups is 2. The molecule has 0 saturated carbocycles. The van der Waals surface area contributed by atoms with Crippen LogP contribution in [0.3, 0.4) is 0 Å². The third-order valence-electron chi connectivity index (χ3n) is 4.01. The van der Waals surface area contributed by atoms with E-state index in [0.717, 1.165) is 16.5 Å². The summed E-state index contributed by atoms with van der Waals surface area (Å²) in [7, 11) is 0. The normalized spacial score (nSPS) is 10.6. The molecule has 0 saturated heterocycles.